The monoisotopic (exact) mass is 321 g/mol. The van der Waals surface area contributed by atoms with Crippen molar-refractivity contribution < 1.29 is 4.79 Å². The molecule has 4 heteroatoms. The van der Waals surface area contributed by atoms with Gasteiger partial charge in [-0.25, -0.2) is 0 Å². The highest BCUT2D eigenvalue weighted by molar-refractivity contribution is 9.11. The molecule has 0 aliphatic carbocycles. The van der Waals surface area contributed by atoms with Gasteiger partial charge in [0.25, 0.3) is 5.91 Å². The van der Waals surface area contributed by atoms with E-state index in [9.17, 15) is 4.79 Å². The normalized spacial score (nSPS) is 18.5. The quantitative estimate of drug-likeness (QED) is 0.815. The van der Waals surface area contributed by atoms with E-state index in [0.29, 0.717) is 0 Å². The van der Waals surface area contributed by atoms with Gasteiger partial charge in [0.2, 0.25) is 0 Å². The highest BCUT2D eigenvalue weighted by atomic mass is 79.9. The molecule has 0 spiro atoms. The molecule has 1 aromatic heterocycles. The molecule has 18 heavy (non-hydrogen) atoms. The van der Waals surface area contributed by atoms with Crippen LogP contribution in [0.15, 0.2) is 45.6 Å². The summed E-state index contributed by atoms with van der Waals surface area (Å²) in [5, 5.41) is 1.91. The van der Waals surface area contributed by atoms with E-state index in [4.69, 9.17) is 0 Å². The Balaban J connectivity index is 1.80. The van der Waals surface area contributed by atoms with Gasteiger partial charge in [-0.3, -0.25) is 4.79 Å². The summed E-state index contributed by atoms with van der Waals surface area (Å²) in [5.74, 6) is 0.136. The number of nitrogens with zero attached hydrogens (tertiary/aromatic N) is 1. The van der Waals surface area contributed by atoms with E-state index in [2.05, 4.69) is 28.1 Å². The average Bonchev–Trinajstić information content (AvgIpc) is 2.76. The molecule has 1 aromatic carbocycles. The minimum absolute atomic E-state index is 0.136. The summed E-state index contributed by atoms with van der Waals surface area (Å²) in [6.07, 6.45) is 1.06. The summed E-state index contributed by atoms with van der Waals surface area (Å²) in [7, 11) is 0. The van der Waals surface area contributed by atoms with Crippen molar-refractivity contribution in [3.8, 4) is 0 Å². The van der Waals surface area contributed by atoms with Gasteiger partial charge in [-0.2, -0.15) is 0 Å². The van der Waals surface area contributed by atoms with Gasteiger partial charge < -0.3 is 4.90 Å². The molecule has 2 nitrogen and oxygen atoms in total. The van der Waals surface area contributed by atoms with Crippen LogP contribution < -0.4 is 0 Å². The second kappa shape index (κ2) is 4.86. The summed E-state index contributed by atoms with van der Waals surface area (Å²) in [5.41, 5.74) is 2.01. The highest BCUT2D eigenvalue weighted by Crippen LogP contribution is 2.35. The van der Waals surface area contributed by atoms with Crippen molar-refractivity contribution in [1.82, 2.24) is 4.90 Å². The van der Waals surface area contributed by atoms with Crippen LogP contribution in [-0.4, -0.2) is 17.4 Å². The lowest BCUT2D eigenvalue weighted by Crippen LogP contribution is -2.44. The van der Waals surface area contributed by atoms with Crippen LogP contribution >= 0.6 is 27.3 Å². The van der Waals surface area contributed by atoms with Crippen LogP contribution in [-0.2, 0) is 0 Å². The van der Waals surface area contributed by atoms with Crippen LogP contribution in [0.5, 0.6) is 0 Å². The molecular weight excluding hydrogens is 310 g/mol. The van der Waals surface area contributed by atoms with Crippen LogP contribution in [0.25, 0.3) is 0 Å². The standard InChI is InChI=1S/C14H12BrNOS/c15-13-8-11(9-18-13)14(17)16-7-6-12(16)10-4-2-1-3-5-10/h1-5,8-9,12H,6-7H2/t12-/m0/s1. The number of carbonyl (C=O) groups is 1. The van der Waals surface area contributed by atoms with Crippen LogP contribution in [0.4, 0.5) is 0 Å². The van der Waals surface area contributed by atoms with Gasteiger partial charge in [0.15, 0.2) is 0 Å². The number of amides is 1. The van der Waals surface area contributed by atoms with Gasteiger partial charge in [-0.15, -0.1) is 11.3 Å². The third kappa shape index (κ3) is 2.10. The average molecular weight is 322 g/mol. The lowest BCUT2D eigenvalue weighted by molar-refractivity contribution is 0.0461. The lowest BCUT2D eigenvalue weighted by atomic mass is 9.94. The lowest BCUT2D eigenvalue weighted by Gasteiger charge is -2.41. The first kappa shape index (κ1) is 11.9. The molecule has 1 amide bonds. The Kier molecular flexibility index (Phi) is 3.22. The van der Waals surface area contributed by atoms with Crippen LogP contribution in [0.1, 0.15) is 28.4 Å². The molecule has 2 heterocycles. The van der Waals surface area contributed by atoms with E-state index < -0.39 is 0 Å². The zero-order valence-electron chi connectivity index (χ0n) is 9.67. The maximum absolute atomic E-state index is 12.3. The molecule has 1 aliphatic heterocycles. The highest BCUT2D eigenvalue weighted by Gasteiger charge is 2.33. The topological polar surface area (TPSA) is 20.3 Å². The maximum Gasteiger partial charge on any atom is 0.255 e. The Bertz CT molecular complexity index is 566. The Hall–Kier alpha value is -1.13. The molecule has 0 N–H and O–H groups in total. The molecule has 0 saturated carbocycles. The van der Waals surface area contributed by atoms with Crippen molar-refractivity contribution in [1.29, 1.82) is 0 Å². The van der Waals surface area contributed by atoms with Gasteiger partial charge in [0.05, 0.1) is 15.4 Å². The Morgan fingerprint density at radius 1 is 1.33 bits per heavy atom. The Morgan fingerprint density at radius 2 is 2.11 bits per heavy atom. The summed E-state index contributed by atoms with van der Waals surface area (Å²) in [6.45, 7) is 0.853. The van der Waals surface area contributed by atoms with Crippen molar-refractivity contribution >= 4 is 33.2 Å². The molecule has 2 aromatic rings. The number of thiophene rings is 1. The predicted octanol–water partition coefficient (Wildman–Crippen LogP) is 4.10. The second-order valence-electron chi connectivity index (χ2n) is 4.35. The molecule has 0 unspecified atom stereocenters. The molecule has 0 bridgehead atoms. The van der Waals surface area contributed by atoms with Crippen molar-refractivity contribution in [2.75, 3.05) is 6.54 Å². The molecule has 92 valence electrons. The zero-order chi connectivity index (χ0) is 12.5. The first-order chi connectivity index (χ1) is 8.75. The van der Waals surface area contributed by atoms with Crippen molar-refractivity contribution in [2.45, 2.75) is 12.5 Å². The number of halogens is 1. The van der Waals surface area contributed by atoms with Gasteiger partial charge in [0, 0.05) is 11.9 Å². The van der Waals surface area contributed by atoms with Gasteiger partial charge in [-0.1, -0.05) is 30.3 Å². The number of hydrogen-bond acceptors (Lipinski definition) is 2. The Morgan fingerprint density at radius 3 is 2.67 bits per heavy atom. The van der Waals surface area contributed by atoms with E-state index in [1.54, 1.807) is 11.3 Å². The molecule has 1 saturated heterocycles. The van der Waals surface area contributed by atoms with E-state index >= 15 is 0 Å². The molecule has 1 atom stereocenters. The van der Waals surface area contributed by atoms with Crippen molar-refractivity contribution in [3.05, 3.63) is 56.7 Å². The minimum atomic E-state index is 0.136. The zero-order valence-corrected chi connectivity index (χ0v) is 12.1. The van der Waals surface area contributed by atoms with Crippen LogP contribution in [0, 0.1) is 0 Å². The van der Waals surface area contributed by atoms with Gasteiger partial charge in [0.1, 0.15) is 0 Å². The van der Waals surface area contributed by atoms with E-state index in [0.717, 1.165) is 22.3 Å². The molecule has 3 rings (SSSR count). The summed E-state index contributed by atoms with van der Waals surface area (Å²) < 4.78 is 1.00. The van der Waals surface area contributed by atoms with Gasteiger partial charge >= 0.3 is 0 Å². The molecule has 0 radical (unpaired) electrons. The number of rotatable bonds is 2. The van der Waals surface area contributed by atoms with E-state index in [1.807, 2.05) is 34.5 Å². The fourth-order valence-corrected chi connectivity index (χ4v) is 3.37. The number of benzene rings is 1. The van der Waals surface area contributed by atoms with Gasteiger partial charge in [-0.05, 0) is 34.0 Å². The molecule has 1 aliphatic rings. The van der Waals surface area contributed by atoms with Crippen molar-refractivity contribution in [2.24, 2.45) is 0 Å². The largest absolute Gasteiger partial charge is 0.331 e. The smallest absolute Gasteiger partial charge is 0.255 e. The predicted molar refractivity (Wildman–Crippen MR) is 76.9 cm³/mol. The third-order valence-electron chi connectivity index (χ3n) is 3.28. The van der Waals surface area contributed by atoms with Crippen molar-refractivity contribution in [3.63, 3.8) is 0 Å². The SMILES string of the molecule is O=C(c1csc(Br)c1)N1CC[C@H]1c1ccccc1. The first-order valence-corrected chi connectivity index (χ1v) is 7.53. The number of hydrogen-bond donors (Lipinski definition) is 0. The van der Waals surface area contributed by atoms with Crippen LogP contribution in [0.3, 0.4) is 0 Å². The minimum Gasteiger partial charge on any atom is -0.331 e. The molecule has 1 fully saturated rings. The number of carbonyl (C=O) groups excluding carboxylic acids is 1. The number of likely N-dealkylation sites (tertiary alicyclic amines) is 1. The summed E-state index contributed by atoms with van der Waals surface area (Å²) >= 11 is 4.95. The summed E-state index contributed by atoms with van der Waals surface area (Å²) in [6, 6.07) is 12.4. The molecular formula is C14H12BrNOS. The van der Waals surface area contributed by atoms with E-state index in [-0.39, 0.29) is 11.9 Å². The van der Waals surface area contributed by atoms with E-state index in [1.165, 1.54) is 5.56 Å². The fourth-order valence-electron chi connectivity index (χ4n) is 2.24. The van der Waals surface area contributed by atoms with Crippen LogP contribution in [0.2, 0.25) is 0 Å². The summed E-state index contributed by atoms with van der Waals surface area (Å²) in [4.78, 5) is 14.3. The third-order valence-corrected chi connectivity index (χ3v) is 4.78. The fraction of sp³-hybridized carbons (Fsp3) is 0.214. The Labute approximate surface area is 118 Å². The second-order valence-corrected chi connectivity index (χ2v) is 6.64. The maximum atomic E-state index is 12.3. The first-order valence-electron chi connectivity index (χ1n) is 5.85.